The lowest BCUT2D eigenvalue weighted by molar-refractivity contribution is 0.414. The Bertz CT molecular complexity index is 663. The Morgan fingerprint density at radius 1 is 1.30 bits per heavy atom. The van der Waals surface area contributed by atoms with Crippen molar-refractivity contribution in [3.63, 3.8) is 0 Å². The summed E-state index contributed by atoms with van der Waals surface area (Å²) in [5.74, 6) is 0.627. The van der Waals surface area contributed by atoms with Crippen LogP contribution in [0.25, 0.3) is 0 Å². The van der Waals surface area contributed by atoms with Crippen LogP contribution in [0.2, 0.25) is 0 Å². The number of benzene rings is 1. The van der Waals surface area contributed by atoms with Gasteiger partial charge in [0, 0.05) is 24.0 Å². The summed E-state index contributed by atoms with van der Waals surface area (Å²) in [6.45, 7) is 2.31. The molecular formula is C13H16N2O3S2. The molecule has 1 heterocycles. The van der Waals surface area contributed by atoms with Crippen LogP contribution in [-0.4, -0.2) is 27.1 Å². The highest BCUT2D eigenvalue weighted by molar-refractivity contribution is 7.89. The van der Waals surface area contributed by atoms with E-state index < -0.39 is 10.0 Å². The Hall–Kier alpha value is -1.44. The number of methoxy groups -OCH3 is 1. The number of sulfonamides is 1. The Morgan fingerprint density at radius 2 is 2.00 bits per heavy atom. The lowest BCUT2D eigenvalue weighted by Crippen LogP contribution is -2.25. The van der Waals surface area contributed by atoms with Crippen molar-refractivity contribution in [2.45, 2.75) is 18.2 Å². The first kappa shape index (κ1) is 15.0. The number of ether oxygens (including phenoxy) is 1. The summed E-state index contributed by atoms with van der Waals surface area (Å²) in [5.41, 5.74) is 0. The van der Waals surface area contributed by atoms with Crippen LogP contribution in [0.1, 0.15) is 9.88 Å². The standard InChI is InChI=1S/C13H16N2O3S2/c1-10-9-14-13(19-10)7-8-15-20(16,17)12-5-3-11(18-2)4-6-12/h3-6,9,15H,7-8H2,1-2H3. The molecule has 2 aromatic rings. The van der Waals surface area contributed by atoms with Gasteiger partial charge in [-0.05, 0) is 31.2 Å². The van der Waals surface area contributed by atoms with Crippen LogP contribution in [0.3, 0.4) is 0 Å². The Morgan fingerprint density at radius 3 is 2.55 bits per heavy atom. The van der Waals surface area contributed by atoms with Gasteiger partial charge in [0.2, 0.25) is 10.0 Å². The molecule has 20 heavy (non-hydrogen) atoms. The van der Waals surface area contributed by atoms with Crippen molar-refractivity contribution in [1.82, 2.24) is 9.71 Å². The first-order valence-corrected chi connectivity index (χ1v) is 8.36. The lowest BCUT2D eigenvalue weighted by atomic mass is 10.3. The second-order valence-corrected chi connectivity index (χ2v) is 7.27. The fourth-order valence-electron chi connectivity index (χ4n) is 1.65. The summed E-state index contributed by atoms with van der Waals surface area (Å²) >= 11 is 1.58. The SMILES string of the molecule is COc1ccc(S(=O)(=O)NCCc2ncc(C)s2)cc1. The monoisotopic (exact) mass is 312 g/mol. The molecule has 0 aliphatic carbocycles. The van der Waals surface area contributed by atoms with Crippen molar-refractivity contribution in [2.24, 2.45) is 0 Å². The van der Waals surface area contributed by atoms with Crippen LogP contribution >= 0.6 is 11.3 Å². The zero-order valence-electron chi connectivity index (χ0n) is 11.3. The van der Waals surface area contributed by atoms with Gasteiger partial charge in [-0.25, -0.2) is 18.1 Å². The van der Waals surface area contributed by atoms with Gasteiger partial charge in [0.15, 0.2) is 0 Å². The Balaban J connectivity index is 1.96. The molecule has 1 aromatic heterocycles. The number of aryl methyl sites for hydroxylation is 1. The molecule has 0 amide bonds. The maximum absolute atomic E-state index is 12.1. The van der Waals surface area contributed by atoms with Crippen molar-refractivity contribution in [1.29, 1.82) is 0 Å². The van der Waals surface area contributed by atoms with Crippen LogP contribution in [0.5, 0.6) is 5.75 Å². The molecule has 108 valence electrons. The number of thiazole rings is 1. The summed E-state index contributed by atoms with van der Waals surface area (Å²) in [6, 6.07) is 6.29. The first-order valence-electron chi connectivity index (χ1n) is 6.06. The summed E-state index contributed by atoms with van der Waals surface area (Å²) in [6.07, 6.45) is 2.38. The smallest absolute Gasteiger partial charge is 0.240 e. The van der Waals surface area contributed by atoms with E-state index >= 15 is 0 Å². The number of rotatable bonds is 6. The minimum atomic E-state index is -3.48. The maximum Gasteiger partial charge on any atom is 0.240 e. The number of hydrogen-bond acceptors (Lipinski definition) is 5. The summed E-state index contributed by atoms with van der Waals surface area (Å²) in [4.78, 5) is 5.55. The number of aromatic nitrogens is 1. The first-order chi connectivity index (χ1) is 9.51. The van der Waals surface area contributed by atoms with Gasteiger partial charge >= 0.3 is 0 Å². The third kappa shape index (κ3) is 3.78. The fourth-order valence-corrected chi connectivity index (χ4v) is 3.47. The van der Waals surface area contributed by atoms with Crippen molar-refractivity contribution in [3.05, 3.63) is 40.3 Å². The molecule has 2 rings (SSSR count). The Labute approximate surface area is 122 Å². The molecule has 1 aromatic carbocycles. The second kappa shape index (κ2) is 6.34. The maximum atomic E-state index is 12.1. The minimum absolute atomic E-state index is 0.230. The van der Waals surface area contributed by atoms with E-state index in [1.165, 1.54) is 19.2 Å². The molecule has 0 aliphatic heterocycles. The zero-order valence-corrected chi connectivity index (χ0v) is 12.9. The van der Waals surface area contributed by atoms with E-state index in [-0.39, 0.29) is 4.90 Å². The van der Waals surface area contributed by atoms with Crippen LogP contribution in [-0.2, 0) is 16.4 Å². The number of nitrogens with one attached hydrogen (secondary N) is 1. The van der Waals surface area contributed by atoms with Gasteiger partial charge in [-0.2, -0.15) is 0 Å². The van der Waals surface area contributed by atoms with Crippen LogP contribution in [0.15, 0.2) is 35.4 Å². The van der Waals surface area contributed by atoms with E-state index in [1.807, 2.05) is 6.92 Å². The normalized spacial score (nSPS) is 11.5. The van der Waals surface area contributed by atoms with Crippen LogP contribution in [0.4, 0.5) is 0 Å². The van der Waals surface area contributed by atoms with E-state index in [0.717, 1.165) is 9.88 Å². The van der Waals surface area contributed by atoms with E-state index in [0.29, 0.717) is 18.7 Å². The molecule has 0 aliphatic rings. The average Bonchev–Trinajstić information content (AvgIpc) is 2.84. The van der Waals surface area contributed by atoms with Gasteiger partial charge in [0.1, 0.15) is 5.75 Å². The highest BCUT2D eigenvalue weighted by Gasteiger charge is 2.13. The van der Waals surface area contributed by atoms with Gasteiger partial charge in [-0.15, -0.1) is 11.3 Å². The van der Waals surface area contributed by atoms with E-state index in [9.17, 15) is 8.42 Å². The molecular weight excluding hydrogens is 296 g/mol. The van der Waals surface area contributed by atoms with E-state index in [1.54, 1.807) is 29.7 Å². The van der Waals surface area contributed by atoms with Gasteiger partial charge in [-0.1, -0.05) is 0 Å². The van der Waals surface area contributed by atoms with Crippen molar-refractivity contribution < 1.29 is 13.2 Å². The van der Waals surface area contributed by atoms with Crippen molar-refractivity contribution in [3.8, 4) is 5.75 Å². The lowest BCUT2D eigenvalue weighted by Gasteiger charge is -2.06. The number of nitrogens with zero attached hydrogens (tertiary/aromatic N) is 1. The Kier molecular flexibility index (Phi) is 4.74. The third-order valence-corrected chi connectivity index (χ3v) is 5.12. The molecule has 5 nitrogen and oxygen atoms in total. The minimum Gasteiger partial charge on any atom is -0.497 e. The van der Waals surface area contributed by atoms with Crippen molar-refractivity contribution >= 4 is 21.4 Å². The summed E-state index contributed by atoms with van der Waals surface area (Å²) < 4.78 is 31.7. The molecule has 0 spiro atoms. The molecule has 0 saturated heterocycles. The van der Waals surface area contributed by atoms with Crippen LogP contribution in [0, 0.1) is 6.92 Å². The average molecular weight is 312 g/mol. The molecule has 0 saturated carbocycles. The quantitative estimate of drug-likeness (QED) is 0.885. The second-order valence-electron chi connectivity index (χ2n) is 4.19. The predicted molar refractivity (Wildman–Crippen MR) is 78.7 cm³/mol. The molecule has 1 N–H and O–H groups in total. The van der Waals surface area contributed by atoms with E-state index in [2.05, 4.69) is 9.71 Å². The fraction of sp³-hybridized carbons (Fsp3) is 0.308. The zero-order chi connectivity index (χ0) is 14.6. The molecule has 0 bridgehead atoms. The van der Waals surface area contributed by atoms with E-state index in [4.69, 9.17) is 4.74 Å². The summed E-state index contributed by atoms with van der Waals surface area (Å²) in [5, 5.41) is 0.930. The largest absolute Gasteiger partial charge is 0.497 e. The molecule has 0 fully saturated rings. The van der Waals surface area contributed by atoms with Gasteiger partial charge < -0.3 is 4.74 Å². The topological polar surface area (TPSA) is 68.3 Å². The highest BCUT2D eigenvalue weighted by Crippen LogP contribution is 2.15. The molecule has 0 atom stereocenters. The highest BCUT2D eigenvalue weighted by atomic mass is 32.2. The van der Waals surface area contributed by atoms with Gasteiger partial charge in [0.05, 0.1) is 17.0 Å². The number of hydrogen-bond donors (Lipinski definition) is 1. The van der Waals surface area contributed by atoms with Gasteiger partial charge in [-0.3, -0.25) is 0 Å². The molecule has 0 radical (unpaired) electrons. The summed E-state index contributed by atoms with van der Waals surface area (Å²) in [7, 11) is -1.94. The van der Waals surface area contributed by atoms with Crippen molar-refractivity contribution in [2.75, 3.05) is 13.7 Å². The van der Waals surface area contributed by atoms with Crippen LogP contribution < -0.4 is 9.46 Å². The molecule has 7 heteroatoms. The third-order valence-electron chi connectivity index (χ3n) is 2.67. The molecule has 0 unspecified atom stereocenters. The predicted octanol–water partition coefficient (Wildman–Crippen LogP) is 1.98. The van der Waals surface area contributed by atoms with Gasteiger partial charge in [0.25, 0.3) is 0 Å².